The van der Waals surface area contributed by atoms with Crippen molar-refractivity contribution in [3.05, 3.63) is 47.5 Å². The topological polar surface area (TPSA) is 18.5 Å². The Morgan fingerprint density at radius 1 is 1.18 bits per heavy atom. The summed E-state index contributed by atoms with van der Waals surface area (Å²) in [5.74, 6) is 1.85. The molecule has 17 heavy (non-hydrogen) atoms. The summed E-state index contributed by atoms with van der Waals surface area (Å²) in [6.45, 7) is 2.70. The molecule has 2 aromatic rings. The lowest BCUT2D eigenvalue weighted by Gasteiger charge is -2.23. The van der Waals surface area contributed by atoms with Crippen molar-refractivity contribution in [2.45, 2.75) is 13.5 Å². The van der Waals surface area contributed by atoms with Crippen LogP contribution >= 0.6 is 0 Å². The summed E-state index contributed by atoms with van der Waals surface area (Å²) in [5.41, 5.74) is 4.71. The third kappa shape index (κ3) is 1.57. The summed E-state index contributed by atoms with van der Waals surface area (Å²) >= 11 is 0. The predicted molar refractivity (Wildman–Crippen MR) is 67.5 cm³/mol. The molecule has 0 aromatic heterocycles. The second-order valence-corrected chi connectivity index (χ2v) is 4.28. The van der Waals surface area contributed by atoms with Crippen LogP contribution in [0.5, 0.6) is 11.5 Å². The van der Waals surface area contributed by atoms with E-state index < -0.39 is 0 Å². The van der Waals surface area contributed by atoms with E-state index in [0.717, 1.165) is 17.1 Å². The number of methoxy groups -OCH3 is 1. The first kappa shape index (κ1) is 10.2. The molecule has 3 rings (SSSR count). The molecule has 1 aliphatic rings. The summed E-state index contributed by atoms with van der Waals surface area (Å²) in [5, 5.41) is 0. The van der Waals surface area contributed by atoms with Gasteiger partial charge in [-0.15, -0.1) is 0 Å². The largest absolute Gasteiger partial charge is 0.496 e. The van der Waals surface area contributed by atoms with Gasteiger partial charge in [-0.25, -0.2) is 0 Å². The number of ether oxygens (including phenoxy) is 2. The molecule has 0 unspecified atom stereocenters. The Kier molecular flexibility index (Phi) is 2.29. The molecule has 0 saturated heterocycles. The number of fused-ring (bicyclic) bond motifs is 3. The molecule has 0 N–H and O–H groups in total. The Bertz CT molecular complexity index is 559. The van der Waals surface area contributed by atoms with E-state index in [1.165, 1.54) is 16.7 Å². The number of hydrogen-bond acceptors (Lipinski definition) is 2. The molecule has 0 atom stereocenters. The van der Waals surface area contributed by atoms with Crippen LogP contribution in [0.15, 0.2) is 36.4 Å². The summed E-state index contributed by atoms with van der Waals surface area (Å²) < 4.78 is 11.2. The summed E-state index contributed by atoms with van der Waals surface area (Å²) in [7, 11) is 1.71. The lowest BCUT2D eigenvalue weighted by molar-refractivity contribution is 0.300. The maximum atomic E-state index is 5.75. The maximum absolute atomic E-state index is 5.75. The molecular formula is C15H14O2. The quantitative estimate of drug-likeness (QED) is 0.740. The zero-order chi connectivity index (χ0) is 11.8. The molecule has 2 aromatic carbocycles. The fourth-order valence-electron chi connectivity index (χ4n) is 2.29. The van der Waals surface area contributed by atoms with E-state index in [4.69, 9.17) is 9.47 Å². The van der Waals surface area contributed by atoms with Crippen LogP contribution in [0.2, 0.25) is 0 Å². The molecule has 2 heteroatoms. The lowest BCUT2D eigenvalue weighted by Crippen LogP contribution is -2.06. The van der Waals surface area contributed by atoms with Gasteiger partial charge in [0.2, 0.25) is 0 Å². The molecule has 0 saturated carbocycles. The van der Waals surface area contributed by atoms with Crippen molar-refractivity contribution >= 4 is 0 Å². The van der Waals surface area contributed by atoms with E-state index >= 15 is 0 Å². The van der Waals surface area contributed by atoms with Crippen LogP contribution < -0.4 is 9.47 Å². The van der Waals surface area contributed by atoms with Crippen LogP contribution in [0.1, 0.15) is 11.1 Å². The molecule has 0 spiro atoms. The normalized spacial score (nSPS) is 12.4. The molecule has 2 nitrogen and oxygen atoms in total. The number of aryl methyl sites for hydroxylation is 1. The zero-order valence-electron chi connectivity index (χ0n) is 9.99. The van der Waals surface area contributed by atoms with Crippen LogP contribution in [-0.2, 0) is 6.61 Å². The third-order valence-electron chi connectivity index (χ3n) is 3.12. The molecule has 0 bridgehead atoms. The predicted octanol–water partition coefficient (Wildman–Crippen LogP) is 3.56. The van der Waals surface area contributed by atoms with Gasteiger partial charge >= 0.3 is 0 Å². The van der Waals surface area contributed by atoms with Crippen LogP contribution in [0.4, 0.5) is 0 Å². The Labute approximate surface area is 101 Å². The van der Waals surface area contributed by atoms with Gasteiger partial charge < -0.3 is 9.47 Å². The molecule has 0 amide bonds. The van der Waals surface area contributed by atoms with Gasteiger partial charge in [-0.3, -0.25) is 0 Å². The highest BCUT2D eigenvalue weighted by Crippen LogP contribution is 2.42. The van der Waals surface area contributed by atoms with Crippen molar-refractivity contribution in [2.24, 2.45) is 0 Å². The molecule has 1 aliphatic heterocycles. The number of benzene rings is 2. The van der Waals surface area contributed by atoms with Gasteiger partial charge in [-0.1, -0.05) is 23.8 Å². The van der Waals surface area contributed by atoms with Gasteiger partial charge in [-0.05, 0) is 25.1 Å². The van der Waals surface area contributed by atoms with Gasteiger partial charge in [0.1, 0.15) is 18.1 Å². The first-order chi connectivity index (χ1) is 8.29. The van der Waals surface area contributed by atoms with Gasteiger partial charge in [0, 0.05) is 16.7 Å². The van der Waals surface area contributed by atoms with Crippen LogP contribution in [0, 0.1) is 6.92 Å². The maximum Gasteiger partial charge on any atom is 0.127 e. The van der Waals surface area contributed by atoms with Gasteiger partial charge in [0.05, 0.1) is 7.11 Å². The van der Waals surface area contributed by atoms with Crippen LogP contribution in [0.25, 0.3) is 11.1 Å². The average Bonchev–Trinajstić information content (AvgIpc) is 2.37. The summed E-state index contributed by atoms with van der Waals surface area (Å²) in [6, 6.07) is 12.3. The van der Waals surface area contributed by atoms with Gasteiger partial charge in [0.15, 0.2) is 0 Å². The molecule has 0 fully saturated rings. The minimum atomic E-state index is 0.614. The van der Waals surface area contributed by atoms with Gasteiger partial charge in [-0.2, -0.15) is 0 Å². The van der Waals surface area contributed by atoms with Crippen LogP contribution in [-0.4, -0.2) is 7.11 Å². The fraction of sp³-hybridized carbons (Fsp3) is 0.200. The Morgan fingerprint density at radius 3 is 2.88 bits per heavy atom. The van der Waals surface area contributed by atoms with Crippen molar-refractivity contribution in [2.75, 3.05) is 7.11 Å². The Hall–Kier alpha value is -1.96. The lowest BCUT2D eigenvalue weighted by atomic mass is 9.95. The van der Waals surface area contributed by atoms with E-state index in [1.54, 1.807) is 7.11 Å². The SMILES string of the molecule is COc1cccc2c1-c1cc(C)ccc1OC2. The Morgan fingerprint density at radius 2 is 2.06 bits per heavy atom. The highest BCUT2D eigenvalue weighted by molar-refractivity contribution is 5.80. The van der Waals surface area contributed by atoms with Gasteiger partial charge in [0.25, 0.3) is 0 Å². The molecular weight excluding hydrogens is 212 g/mol. The average molecular weight is 226 g/mol. The second kappa shape index (κ2) is 3.81. The molecule has 0 radical (unpaired) electrons. The third-order valence-corrected chi connectivity index (χ3v) is 3.12. The van der Waals surface area contributed by atoms with E-state index in [9.17, 15) is 0 Å². The minimum absolute atomic E-state index is 0.614. The summed E-state index contributed by atoms with van der Waals surface area (Å²) in [4.78, 5) is 0. The van der Waals surface area contributed by atoms with Crippen LogP contribution in [0.3, 0.4) is 0 Å². The summed E-state index contributed by atoms with van der Waals surface area (Å²) in [6.07, 6.45) is 0. The van der Waals surface area contributed by atoms with E-state index in [0.29, 0.717) is 6.61 Å². The highest BCUT2D eigenvalue weighted by Gasteiger charge is 2.20. The minimum Gasteiger partial charge on any atom is -0.496 e. The van der Waals surface area contributed by atoms with Crippen molar-refractivity contribution in [3.8, 4) is 22.6 Å². The van der Waals surface area contributed by atoms with Crippen molar-refractivity contribution in [3.63, 3.8) is 0 Å². The van der Waals surface area contributed by atoms with E-state index in [2.05, 4.69) is 25.1 Å². The fourth-order valence-corrected chi connectivity index (χ4v) is 2.29. The monoisotopic (exact) mass is 226 g/mol. The molecule has 86 valence electrons. The number of hydrogen-bond donors (Lipinski definition) is 0. The van der Waals surface area contributed by atoms with Crippen molar-refractivity contribution < 1.29 is 9.47 Å². The van der Waals surface area contributed by atoms with E-state index in [1.807, 2.05) is 18.2 Å². The standard InChI is InChI=1S/C15H14O2/c1-10-6-7-13-12(8-10)15-11(9-17-13)4-3-5-14(15)16-2/h3-8H,9H2,1-2H3. The second-order valence-electron chi connectivity index (χ2n) is 4.28. The highest BCUT2D eigenvalue weighted by atomic mass is 16.5. The first-order valence-electron chi connectivity index (χ1n) is 5.69. The molecule has 1 heterocycles. The van der Waals surface area contributed by atoms with Crippen molar-refractivity contribution in [1.82, 2.24) is 0 Å². The zero-order valence-corrected chi connectivity index (χ0v) is 9.99. The first-order valence-corrected chi connectivity index (χ1v) is 5.69. The van der Waals surface area contributed by atoms with Crippen molar-refractivity contribution in [1.29, 1.82) is 0 Å². The smallest absolute Gasteiger partial charge is 0.127 e. The number of rotatable bonds is 1. The molecule has 0 aliphatic carbocycles. The Balaban J connectivity index is 2.30. The van der Waals surface area contributed by atoms with E-state index in [-0.39, 0.29) is 0 Å².